The molecule has 2 atom stereocenters. The fourth-order valence-electron chi connectivity index (χ4n) is 3.19. The molecule has 1 aliphatic rings. The zero-order valence-corrected chi connectivity index (χ0v) is 17.6. The fraction of sp³-hybridized carbons (Fsp3) is 0.524. The number of hydrogen-bond donors (Lipinski definition) is 2. The first-order chi connectivity index (χ1) is 14.3. The lowest BCUT2D eigenvalue weighted by atomic mass is 10.0. The summed E-state index contributed by atoms with van der Waals surface area (Å²) >= 11 is 0. The van der Waals surface area contributed by atoms with Crippen LogP contribution >= 0.6 is 0 Å². The summed E-state index contributed by atoms with van der Waals surface area (Å²) in [6, 6.07) is 7.73. The van der Waals surface area contributed by atoms with Crippen LogP contribution < -0.4 is 10.6 Å². The van der Waals surface area contributed by atoms with Crippen molar-refractivity contribution in [3.05, 3.63) is 35.9 Å². The van der Waals surface area contributed by atoms with Crippen molar-refractivity contribution in [3.8, 4) is 0 Å². The van der Waals surface area contributed by atoms with Crippen LogP contribution in [0, 0.1) is 5.92 Å². The van der Waals surface area contributed by atoms with Gasteiger partial charge in [0, 0.05) is 6.54 Å². The lowest BCUT2D eigenvalue weighted by Gasteiger charge is -2.27. The Balaban J connectivity index is 1.94. The first-order valence-corrected chi connectivity index (χ1v) is 9.95. The molecule has 0 spiro atoms. The molecule has 0 bridgehead atoms. The Labute approximate surface area is 176 Å². The maximum Gasteiger partial charge on any atom is 0.410 e. The van der Waals surface area contributed by atoms with Crippen LogP contribution in [0.1, 0.15) is 32.3 Å². The lowest BCUT2D eigenvalue weighted by molar-refractivity contribution is -0.141. The SMILES string of the molecule is COC(=O)CNC(=O)[C@H](NC(=O)[C@@H]1CCCN1C(=O)OCc1ccccc1)C(C)C. The van der Waals surface area contributed by atoms with Gasteiger partial charge in [0.25, 0.3) is 0 Å². The summed E-state index contributed by atoms with van der Waals surface area (Å²) in [5.41, 5.74) is 0.855. The highest BCUT2D eigenvalue weighted by Gasteiger charge is 2.37. The van der Waals surface area contributed by atoms with Gasteiger partial charge in [-0.1, -0.05) is 44.2 Å². The van der Waals surface area contributed by atoms with Gasteiger partial charge in [0.15, 0.2) is 0 Å². The third-order valence-corrected chi connectivity index (χ3v) is 4.88. The van der Waals surface area contributed by atoms with Crippen molar-refractivity contribution in [1.82, 2.24) is 15.5 Å². The van der Waals surface area contributed by atoms with E-state index in [1.165, 1.54) is 12.0 Å². The Bertz CT molecular complexity index is 752. The minimum absolute atomic E-state index is 0.120. The van der Waals surface area contributed by atoms with E-state index in [2.05, 4.69) is 15.4 Å². The van der Waals surface area contributed by atoms with E-state index in [-0.39, 0.29) is 19.1 Å². The van der Waals surface area contributed by atoms with Crippen molar-refractivity contribution in [2.75, 3.05) is 20.2 Å². The number of amides is 3. The molecule has 2 rings (SSSR count). The Morgan fingerprint density at radius 1 is 1.17 bits per heavy atom. The largest absolute Gasteiger partial charge is 0.468 e. The molecule has 0 unspecified atom stereocenters. The van der Waals surface area contributed by atoms with Crippen LogP contribution in [-0.2, 0) is 30.5 Å². The summed E-state index contributed by atoms with van der Waals surface area (Å²) in [7, 11) is 1.22. The molecule has 0 radical (unpaired) electrons. The molecule has 9 nitrogen and oxygen atoms in total. The molecule has 1 aliphatic heterocycles. The van der Waals surface area contributed by atoms with E-state index in [0.717, 1.165) is 5.56 Å². The molecule has 30 heavy (non-hydrogen) atoms. The maximum atomic E-state index is 12.8. The van der Waals surface area contributed by atoms with Gasteiger partial charge in [-0.15, -0.1) is 0 Å². The van der Waals surface area contributed by atoms with Gasteiger partial charge in [0.05, 0.1) is 7.11 Å². The molecule has 1 aromatic carbocycles. The standard InChI is InChI=1S/C21H29N3O6/c1-14(2)18(20(27)22-12-17(25)29-3)23-19(26)16-10-7-11-24(16)21(28)30-13-15-8-5-4-6-9-15/h4-6,8-9,14,16,18H,7,10-13H2,1-3H3,(H,22,27)(H,23,26)/t16-,18+/m0/s1. The van der Waals surface area contributed by atoms with Crippen molar-refractivity contribution in [1.29, 1.82) is 0 Å². The van der Waals surface area contributed by atoms with Crippen LogP contribution in [-0.4, -0.2) is 61.1 Å². The molecule has 1 fully saturated rings. The second-order valence-corrected chi connectivity index (χ2v) is 7.42. The third-order valence-electron chi connectivity index (χ3n) is 4.88. The number of carbonyl (C=O) groups is 4. The average molecular weight is 419 g/mol. The van der Waals surface area contributed by atoms with Crippen molar-refractivity contribution in [2.45, 2.75) is 45.4 Å². The summed E-state index contributed by atoms with van der Waals surface area (Å²) in [6.07, 6.45) is 0.591. The molecule has 0 saturated carbocycles. The summed E-state index contributed by atoms with van der Waals surface area (Å²) in [4.78, 5) is 50.3. The molecule has 3 amide bonds. The first-order valence-electron chi connectivity index (χ1n) is 9.95. The minimum Gasteiger partial charge on any atom is -0.468 e. The van der Waals surface area contributed by atoms with Crippen LogP contribution in [0.15, 0.2) is 30.3 Å². The van der Waals surface area contributed by atoms with Gasteiger partial charge in [-0.25, -0.2) is 4.79 Å². The van der Waals surface area contributed by atoms with E-state index >= 15 is 0 Å². The summed E-state index contributed by atoms with van der Waals surface area (Å²) in [5, 5.41) is 5.16. The number of ether oxygens (including phenoxy) is 2. The maximum absolute atomic E-state index is 12.8. The molecule has 9 heteroatoms. The van der Waals surface area contributed by atoms with E-state index in [1.54, 1.807) is 13.8 Å². The lowest BCUT2D eigenvalue weighted by Crippen LogP contribution is -2.55. The van der Waals surface area contributed by atoms with Crippen molar-refractivity contribution in [2.24, 2.45) is 5.92 Å². The Morgan fingerprint density at radius 3 is 2.50 bits per heavy atom. The Morgan fingerprint density at radius 2 is 1.87 bits per heavy atom. The average Bonchev–Trinajstić information content (AvgIpc) is 3.24. The first kappa shape index (κ1) is 23.2. The van der Waals surface area contributed by atoms with Gasteiger partial charge in [0.1, 0.15) is 25.2 Å². The number of hydrogen-bond acceptors (Lipinski definition) is 6. The number of rotatable bonds is 8. The monoisotopic (exact) mass is 419 g/mol. The predicted octanol–water partition coefficient (Wildman–Crippen LogP) is 1.22. The fourth-order valence-corrected chi connectivity index (χ4v) is 3.19. The molecule has 0 aliphatic carbocycles. The molecule has 1 heterocycles. The van der Waals surface area contributed by atoms with Gasteiger partial charge in [-0.2, -0.15) is 0 Å². The zero-order chi connectivity index (χ0) is 22.1. The Kier molecular flexibility index (Phi) is 8.64. The molecular formula is C21H29N3O6. The summed E-state index contributed by atoms with van der Waals surface area (Å²) < 4.78 is 9.85. The van der Waals surface area contributed by atoms with Gasteiger partial charge >= 0.3 is 12.1 Å². The normalized spacial score (nSPS) is 16.7. The highest BCUT2D eigenvalue weighted by molar-refractivity contribution is 5.92. The number of nitrogens with one attached hydrogen (secondary N) is 2. The zero-order valence-electron chi connectivity index (χ0n) is 17.6. The molecule has 1 aromatic rings. The second-order valence-electron chi connectivity index (χ2n) is 7.42. The van der Waals surface area contributed by atoms with Gasteiger partial charge in [-0.3, -0.25) is 19.3 Å². The molecule has 0 aromatic heterocycles. The number of likely N-dealkylation sites (tertiary alicyclic amines) is 1. The van der Waals surface area contributed by atoms with Crippen LogP contribution in [0.25, 0.3) is 0 Å². The van der Waals surface area contributed by atoms with Crippen molar-refractivity contribution < 1.29 is 28.7 Å². The molecule has 164 valence electrons. The number of methoxy groups -OCH3 is 1. The number of esters is 1. The van der Waals surface area contributed by atoms with Crippen LogP contribution in [0.2, 0.25) is 0 Å². The van der Waals surface area contributed by atoms with E-state index in [1.807, 2.05) is 30.3 Å². The quantitative estimate of drug-likeness (QED) is 0.613. The highest BCUT2D eigenvalue weighted by Crippen LogP contribution is 2.20. The number of carbonyl (C=O) groups excluding carboxylic acids is 4. The van der Waals surface area contributed by atoms with Gasteiger partial charge in [0.2, 0.25) is 11.8 Å². The van der Waals surface area contributed by atoms with Gasteiger partial charge in [-0.05, 0) is 24.3 Å². The molecular weight excluding hydrogens is 390 g/mol. The Hall–Kier alpha value is -3.10. The van der Waals surface area contributed by atoms with E-state index in [0.29, 0.717) is 19.4 Å². The molecule has 1 saturated heterocycles. The second kappa shape index (κ2) is 11.2. The van der Waals surface area contributed by atoms with Gasteiger partial charge < -0.3 is 20.1 Å². The molecule has 2 N–H and O–H groups in total. The minimum atomic E-state index is -0.843. The third kappa shape index (κ3) is 6.47. The number of benzene rings is 1. The van der Waals surface area contributed by atoms with Crippen LogP contribution in [0.4, 0.5) is 4.79 Å². The van der Waals surface area contributed by atoms with E-state index in [9.17, 15) is 19.2 Å². The van der Waals surface area contributed by atoms with Crippen molar-refractivity contribution in [3.63, 3.8) is 0 Å². The van der Waals surface area contributed by atoms with Crippen molar-refractivity contribution >= 4 is 23.9 Å². The van der Waals surface area contributed by atoms with E-state index in [4.69, 9.17) is 4.74 Å². The highest BCUT2D eigenvalue weighted by atomic mass is 16.6. The van der Waals surface area contributed by atoms with Crippen LogP contribution in [0.3, 0.4) is 0 Å². The van der Waals surface area contributed by atoms with E-state index < -0.39 is 36.0 Å². The predicted molar refractivity (Wildman–Crippen MR) is 108 cm³/mol. The smallest absolute Gasteiger partial charge is 0.410 e. The summed E-state index contributed by atoms with van der Waals surface area (Å²) in [5.74, 6) is -1.71. The van der Waals surface area contributed by atoms with Crippen LogP contribution in [0.5, 0.6) is 0 Å². The topological polar surface area (TPSA) is 114 Å². The summed E-state index contributed by atoms with van der Waals surface area (Å²) in [6.45, 7) is 3.81. The number of nitrogens with zero attached hydrogens (tertiary/aromatic N) is 1.